The Hall–Kier alpha value is -1.12. The van der Waals surface area contributed by atoms with Crippen molar-refractivity contribution in [3.05, 3.63) is 34.3 Å². The lowest BCUT2D eigenvalue weighted by atomic mass is 10.0. The topological polar surface area (TPSA) is 84.5 Å². The first-order chi connectivity index (χ1) is 7.10. The minimum Gasteiger partial charge on any atom is -0.392 e. The summed E-state index contributed by atoms with van der Waals surface area (Å²) in [5.74, 6) is 0. The molecule has 0 aliphatic carbocycles. The van der Waals surface area contributed by atoms with Gasteiger partial charge in [-0.3, -0.25) is 0 Å². The van der Waals surface area contributed by atoms with Gasteiger partial charge in [-0.15, -0.1) is 0 Å². The van der Waals surface area contributed by atoms with E-state index in [4.69, 9.17) is 27.1 Å². The van der Waals surface area contributed by atoms with Crippen LogP contribution >= 0.6 is 11.6 Å². The SMILES string of the molecule is N#CC(O)C(O)c1cc(CO)ccc1Cl. The molecule has 0 fully saturated rings. The highest BCUT2D eigenvalue weighted by molar-refractivity contribution is 6.31. The minimum atomic E-state index is -1.53. The Labute approximate surface area is 92.0 Å². The van der Waals surface area contributed by atoms with Crippen molar-refractivity contribution >= 4 is 11.6 Å². The van der Waals surface area contributed by atoms with E-state index in [0.717, 1.165) is 0 Å². The maximum Gasteiger partial charge on any atom is 0.170 e. The van der Waals surface area contributed by atoms with Gasteiger partial charge in [0.05, 0.1) is 12.7 Å². The van der Waals surface area contributed by atoms with Gasteiger partial charge in [0, 0.05) is 10.6 Å². The van der Waals surface area contributed by atoms with Crippen molar-refractivity contribution in [1.82, 2.24) is 0 Å². The van der Waals surface area contributed by atoms with E-state index in [1.807, 2.05) is 0 Å². The zero-order valence-electron chi connectivity index (χ0n) is 7.76. The molecule has 0 heterocycles. The third-order valence-corrected chi connectivity index (χ3v) is 2.34. The molecule has 2 atom stereocenters. The van der Waals surface area contributed by atoms with Gasteiger partial charge >= 0.3 is 0 Å². The molecule has 0 saturated heterocycles. The molecule has 0 amide bonds. The van der Waals surface area contributed by atoms with Crippen LogP contribution in [-0.2, 0) is 6.61 Å². The number of hydrogen-bond acceptors (Lipinski definition) is 4. The van der Waals surface area contributed by atoms with E-state index in [1.165, 1.54) is 18.2 Å². The molecule has 0 bridgehead atoms. The zero-order chi connectivity index (χ0) is 11.4. The predicted octanol–water partition coefficient (Wildman–Crippen LogP) is 0.750. The Kier molecular flexibility index (Phi) is 4.06. The van der Waals surface area contributed by atoms with Crippen LogP contribution < -0.4 is 0 Å². The molecule has 0 aliphatic heterocycles. The van der Waals surface area contributed by atoms with Crippen LogP contribution in [0, 0.1) is 11.3 Å². The van der Waals surface area contributed by atoms with E-state index in [0.29, 0.717) is 5.56 Å². The Bertz CT molecular complexity index is 389. The fourth-order valence-corrected chi connectivity index (χ4v) is 1.39. The number of aliphatic hydroxyl groups is 3. The van der Waals surface area contributed by atoms with Gasteiger partial charge in [0.25, 0.3) is 0 Å². The lowest BCUT2D eigenvalue weighted by Crippen LogP contribution is -2.16. The standard InChI is InChI=1S/C10H10ClNO3/c11-8-2-1-6(5-13)3-7(8)10(15)9(14)4-12/h1-3,9-10,13-15H,5H2. The highest BCUT2D eigenvalue weighted by Crippen LogP contribution is 2.26. The van der Waals surface area contributed by atoms with E-state index < -0.39 is 12.2 Å². The van der Waals surface area contributed by atoms with Gasteiger partial charge in [0.2, 0.25) is 0 Å². The second-order valence-electron chi connectivity index (χ2n) is 3.03. The summed E-state index contributed by atoms with van der Waals surface area (Å²) in [5.41, 5.74) is 0.788. The van der Waals surface area contributed by atoms with Gasteiger partial charge in [-0.25, -0.2) is 0 Å². The first-order valence-corrected chi connectivity index (χ1v) is 4.63. The predicted molar refractivity (Wildman–Crippen MR) is 54.0 cm³/mol. The van der Waals surface area contributed by atoms with Crippen molar-refractivity contribution in [2.75, 3.05) is 0 Å². The summed E-state index contributed by atoms with van der Waals surface area (Å²) in [7, 11) is 0. The van der Waals surface area contributed by atoms with E-state index in [9.17, 15) is 5.11 Å². The number of hydrogen-bond donors (Lipinski definition) is 3. The number of nitrogens with zero attached hydrogens (tertiary/aromatic N) is 1. The molecule has 0 saturated carbocycles. The maximum atomic E-state index is 9.55. The maximum absolute atomic E-state index is 9.55. The molecular weight excluding hydrogens is 218 g/mol. The lowest BCUT2D eigenvalue weighted by molar-refractivity contribution is 0.0527. The molecule has 80 valence electrons. The van der Waals surface area contributed by atoms with Crippen LogP contribution in [0.15, 0.2) is 18.2 Å². The number of aliphatic hydroxyl groups excluding tert-OH is 3. The fourth-order valence-electron chi connectivity index (χ4n) is 1.16. The normalized spacial score (nSPS) is 14.3. The number of nitriles is 1. The lowest BCUT2D eigenvalue weighted by Gasteiger charge is -2.14. The van der Waals surface area contributed by atoms with Crippen LogP contribution in [0.5, 0.6) is 0 Å². The molecule has 0 spiro atoms. The quantitative estimate of drug-likeness (QED) is 0.666. The van der Waals surface area contributed by atoms with Gasteiger partial charge < -0.3 is 15.3 Å². The molecule has 1 rings (SSSR count). The summed E-state index contributed by atoms with van der Waals surface area (Å²) < 4.78 is 0. The summed E-state index contributed by atoms with van der Waals surface area (Å²) in [6, 6.07) is 6.05. The van der Waals surface area contributed by atoms with E-state index in [-0.39, 0.29) is 17.2 Å². The largest absolute Gasteiger partial charge is 0.392 e. The molecular formula is C10H10ClNO3. The summed E-state index contributed by atoms with van der Waals surface area (Å²) in [5, 5.41) is 36.2. The van der Waals surface area contributed by atoms with Crippen molar-refractivity contribution in [1.29, 1.82) is 5.26 Å². The molecule has 4 nitrogen and oxygen atoms in total. The minimum absolute atomic E-state index is 0.195. The van der Waals surface area contributed by atoms with Crippen LogP contribution in [0.1, 0.15) is 17.2 Å². The summed E-state index contributed by atoms with van der Waals surface area (Å²) in [6.45, 7) is -0.195. The number of halogens is 1. The molecule has 0 aromatic heterocycles. The van der Waals surface area contributed by atoms with Crippen LogP contribution in [0.4, 0.5) is 0 Å². The first-order valence-electron chi connectivity index (χ1n) is 4.25. The molecule has 3 N–H and O–H groups in total. The van der Waals surface area contributed by atoms with E-state index >= 15 is 0 Å². The molecule has 1 aromatic rings. The van der Waals surface area contributed by atoms with Crippen LogP contribution in [0.25, 0.3) is 0 Å². The molecule has 15 heavy (non-hydrogen) atoms. The zero-order valence-corrected chi connectivity index (χ0v) is 8.52. The van der Waals surface area contributed by atoms with Crippen molar-refractivity contribution in [2.24, 2.45) is 0 Å². The van der Waals surface area contributed by atoms with Crippen molar-refractivity contribution in [3.8, 4) is 6.07 Å². The Morgan fingerprint density at radius 3 is 2.60 bits per heavy atom. The first kappa shape index (κ1) is 12.0. The number of rotatable bonds is 3. The van der Waals surface area contributed by atoms with Gasteiger partial charge in [-0.05, 0) is 17.7 Å². The van der Waals surface area contributed by atoms with Crippen LogP contribution in [-0.4, -0.2) is 21.4 Å². The third kappa shape index (κ3) is 2.67. The van der Waals surface area contributed by atoms with Crippen molar-refractivity contribution in [2.45, 2.75) is 18.8 Å². The third-order valence-electron chi connectivity index (χ3n) is 1.99. The van der Waals surface area contributed by atoms with Crippen molar-refractivity contribution in [3.63, 3.8) is 0 Å². The Morgan fingerprint density at radius 2 is 2.07 bits per heavy atom. The van der Waals surface area contributed by atoms with E-state index in [1.54, 1.807) is 6.07 Å². The highest BCUT2D eigenvalue weighted by atomic mass is 35.5. The second-order valence-corrected chi connectivity index (χ2v) is 3.44. The van der Waals surface area contributed by atoms with Gasteiger partial charge in [-0.1, -0.05) is 17.7 Å². The summed E-state index contributed by atoms with van der Waals surface area (Å²) in [4.78, 5) is 0. The monoisotopic (exact) mass is 227 g/mol. The Balaban J connectivity index is 3.07. The van der Waals surface area contributed by atoms with Crippen molar-refractivity contribution < 1.29 is 15.3 Å². The smallest absolute Gasteiger partial charge is 0.170 e. The molecule has 2 unspecified atom stereocenters. The van der Waals surface area contributed by atoms with Crippen LogP contribution in [0.3, 0.4) is 0 Å². The molecule has 5 heteroatoms. The second kappa shape index (κ2) is 5.10. The van der Waals surface area contributed by atoms with Gasteiger partial charge in [-0.2, -0.15) is 5.26 Å². The average molecular weight is 228 g/mol. The average Bonchev–Trinajstić information content (AvgIpc) is 2.27. The molecule has 0 aliphatic rings. The number of benzene rings is 1. The Morgan fingerprint density at radius 1 is 1.40 bits per heavy atom. The molecule has 0 radical (unpaired) electrons. The van der Waals surface area contributed by atoms with Gasteiger partial charge in [0.15, 0.2) is 6.10 Å². The summed E-state index contributed by atoms with van der Waals surface area (Å²) in [6.07, 6.45) is -2.90. The summed E-state index contributed by atoms with van der Waals surface area (Å²) >= 11 is 5.79. The van der Waals surface area contributed by atoms with E-state index in [2.05, 4.69) is 0 Å². The highest BCUT2D eigenvalue weighted by Gasteiger charge is 2.20. The fraction of sp³-hybridized carbons (Fsp3) is 0.300. The molecule has 1 aromatic carbocycles. The van der Waals surface area contributed by atoms with Gasteiger partial charge in [0.1, 0.15) is 6.10 Å². The van der Waals surface area contributed by atoms with Crippen LogP contribution in [0.2, 0.25) is 5.02 Å².